The largest absolute Gasteiger partial charge is 0.481 e. The van der Waals surface area contributed by atoms with E-state index < -0.39 is 5.97 Å². The molecule has 0 aromatic heterocycles. The minimum absolute atomic E-state index is 0.332. The van der Waals surface area contributed by atoms with Crippen LogP contribution in [-0.4, -0.2) is 11.1 Å². The smallest absolute Gasteiger partial charge is 0.303 e. The lowest BCUT2D eigenvalue weighted by Crippen LogP contribution is -2.03. The molecule has 0 aromatic rings. The van der Waals surface area contributed by atoms with Crippen LogP contribution in [-0.2, 0) is 4.79 Å². The normalized spacial score (nSPS) is 12.4. The van der Waals surface area contributed by atoms with E-state index in [9.17, 15) is 4.79 Å². The SMILES string of the molecule is CCCCCCCCCCCCCCCCCC(C)CC(=O)O. The first-order valence-corrected chi connectivity index (χ1v) is 10.4. The van der Waals surface area contributed by atoms with Gasteiger partial charge < -0.3 is 5.11 Å². The lowest BCUT2D eigenvalue weighted by atomic mass is 9.99. The van der Waals surface area contributed by atoms with E-state index in [4.69, 9.17) is 5.11 Å². The van der Waals surface area contributed by atoms with Gasteiger partial charge in [0.25, 0.3) is 0 Å². The van der Waals surface area contributed by atoms with Gasteiger partial charge >= 0.3 is 5.97 Å². The molecule has 1 unspecified atom stereocenters. The summed E-state index contributed by atoms with van der Waals surface area (Å²) in [6, 6.07) is 0. The average molecular weight is 327 g/mol. The summed E-state index contributed by atoms with van der Waals surface area (Å²) in [5.74, 6) is -0.312. The number of carboxylic acids is 1. The molecule has 0 radical (unpaired) electrons. The molecule has 0 saturated carbocycles. The van der Waals surface area contributed by atoms with Gasteiger partial charge in [-0.2, -0.15) is 0 Å². The minimum Gasteiger partial charge on any atom is -0.481 e. The summed E-state index contributed by atoms with van der Waals surface area (Å²) in [7, 11) is 0. The van der Waals surface area contributed by atoms with Gasteiger partial charge in [-0.25, -0.2) is 0 Å². The third kappa shape index (κ3) is 19.4. The van der Waals surface area contributed by atoms with Crippen LogP contribution in [0, 0.1) is 5.92 Å². The van der Waals surface area contributed by atoms with Gasteiger partial charge in [0.2, 0.25) is 0 Å². The molecule has 2 nitrogen and oxygen atoms in total. The van der Waals surface area contributed by atoms with Crippen LogP contribution >= 0.6 is 0 Å². The zero-order valence-electron chi connectivity index (χ0n) is 16.0. The molecule has 0 saturated heterocycles. The van der Waals surface area contributed by atoms with Gasteiger partial charge in [0.1, 0.15) is 0 Å². The second-order valence-corrected chi connectivity index (χ2v) is 7.44. The van der Waals surface area contributed by atoms with Crippen LogP contribution in [0.2, 0.25) is 0 Å². The quantitative estimate of drug-likeness (QED) is 0.267. The molecule has 0 aliphatic rings. The van der Waals surface area contributed by atoms with E-state index in [2.05, 4.69) is 13.8 Å². The van der Waals surface area contributed by atoms with Crippen LogP contribution in [0.15, 0.2) is 0 Å². The summed E-state index contributed by atoms with van der Waals surface area (Å²) >= 11 is 0. The van der Waals surface area contributed by atoms with Crippen molar-refractivity contribution < 1.29 is 9.90 Å². The summed E-state index contributed by atoms with van der Waals surface area (Å²) in [6.07, 6.45) is 22.2. The van der Waals surface area contributed by atoms with Gasteiger partial charge in [-0.3, -0.25) is 4.79 Å². The minimum atomic E-state index is -0.654. The molecule has 0 rings (SSSR count). The van der Waals surface area contributed by atoms with Crippen LogP contribution in [0.1, 0.15) is 123 Å². The summed E-state index contributed by atoms with van der Waals surface area (Å²) in [4.78, 5) is 10.6. The first kappa shape index (κ1) is 22.5. The maximum Gasteiger partial charge on any atom is 0.303 e. The Morgan fingerprint density at radius 2 is 1.04 bits per heavy atom. The molecule has 138 valence electrons. The van der Waals surface area contributed by atoms with Crippen LogP contribution in [0.5, 0.6) is 0 Å². The Hall–Kier alpha value is -0.530. The number of rotatable bonds is 18. The monoisotopic (exact) mass is 326 g/mol. The molecule has 0 aromatic carbocycles. The van der Waals surface area contributed by atoms with Gasteiger partial charge in [-0.1, -0.05) is 117 Å². The highest BCUT2D eigenvalue weighted by Crippen LogP contribution is 2.16. The molecule has 0 spiro atoms. The Morgan fingerprint density at radius 1 is 0.696 bits per heavy atom. The van der Waals surface area contributed by atoms with Crippen molar-refractivity contribution in [2.75, 3.05) is 0 Å². The molecule has 0 aliphatic heterocycles. The van der Waals surface area contributed by atoms with Gasteiger partial charge in [0.15, 0.2) is 0 Å². The van der Waals surface area contributed by atoms with E-state index in [-0.39, 0.29) is 0 Å². The Morgan fingerprint density at radius 3 is 1.39 bits per heavy atom. The van der Waals surface area contributed by atoms with E-state index in [1.165, 1.54) is 96.3 Å². The standard InChI is InChI=1S/C21H42O2/c1-3-4-5-6-7-8-9-10-11-12-13-14-15-16-17-18-20(2)19-21(22)23/h20H,3-19H2,1-2H3,(H,22,23). The van der Waals surface area contributed by atoms with Crippen molar-refractivity contribution in [3.8, 4) is 0 Å². The predicted molar refractivity (Wildman–Crippen MR) is 101 cm³/mol. The molecule has 2 heteroatoms. The van der Waals surface area contributed by atoms with Crippen molar-refractivity contribution in [3.63, 3.8) is 0 Å². The molecular weight excluding hydrogens is 284 g/mol. The highest BCUT2D eigenvalue weighted by Gasteiger charge is 2.06. The first-order valence-electron chi connectivity index (χ1n) is 10.4. The molecule has 1 atom stereocenters. The number of aliphatic carboxylic acids is 1. The summed E-state index contributed by atoms with van der Waals surface area (Å²) < 4.78 is 0. The summed E-state index contributed by atoms with van der Waals surface area (Å²) in [5, 5.41) is 8.71. The third-order valence-electron chi connectivity index (χ3n) is 4.82. The topological polar surface area (TPSA) is 37.3 Å². The summed E-state index contributed by atoms with van der Waals surface area (Å²) in [6.45, 7) is 4.33. The predicted octanol–water partition coefficient (Wildman–Crippen LogP) is 7.36. The lowest BCUT2D eigenvalue weighted by Gasteiger charge is -2.08. The van der Waals surface area contributed by atoms with Crippen molar-refractivity contribution in [2.24, 2.45) is 5.92 Å². The second-order valence-electron chi connectivity index (χ2n) is 7.44. The lowest BCUT2D eigenvalue weighted by molar-refractivity contribution is -0.138. The third-order valence-corrected chi connectivity index (χ3v) is 4.82. The van der Waals surface area contributed by atoms with Gasteiger partial charge in [-0.05, 0) is 5.92 Å². The van der Waals surface area contributed by atoms with E-state index in [0.29, 0.717) is 12.3 Å². The number of carboxylic acid groups (broad SMARTS) is 1. The molecule has 1 N–H and O–H groups in total. The van der Waals surface area contributed by atoms with Crippen LogP contribution in [0.3, 0.4) is 0 Å². The molecule has 23 heavy (non-hydrogen) atoms. The highest BCUT2D eigenvalue weighted by atomic mass is 16.4. The van der Waals surface area contributed by atoms with Gasteiger partial charge in [0, 0.05) is 6.42 Å². The molecule has 0 bridgehead atoms. The maximum atomic E-state index is 10.6. The Balaban J connectivity index is 3.06. The maximum absolute atomic E-state index is 10.6. The van der Waals surface area contributed by atoms with E-state index in [1.807, 2.05) is 0 Å². The molecule has 0 fully saturated rings. The average Bonchev–Trinajstić information content (AvgIpc) is 2.50. The fourth-order valence-electron chi connectivity index (χ4n) is 3.26. The van der Waals surface area contributed by atoms with E-state index in [1.54, 1.807) is 0 Å². The number of unbranched alkanes of at least 4 members (excludes halogenated alkanes) is 14. The van der Waals surface area contributed by atoms with Gasteiger partial charge in [-0.15, -0.1) is 0 Å². The fraction of sp³-hybridized carbons (Fsp3) is 0.952. The summed E-state index contributed by atoms with van der Waals surface area (Å²) in [5.41, 5.74) is 0. The zero-order valence-corrected chi connectivity index (χ0v) is 16.0. The molecule has 0 heterocycles. The molecule has 0 amide bonds. The van der Waals surface area contributed by atoms with Crippen LogP contribution in [0.4, 0.5) is 0 Å². The number of hydrogen-bond acceptors (Lipinski definition) is 1. The highest BCUT2D eigenvalue weighted by molar-refractivity contribution is 5.66. The van der Waals surface area contributed by atoms with Crippen LogP contribution < -0.4 is 0 Å². The number of carbonyl (C=O) groups is 1. The van der Waals surface area contributed by atoms with Crippen molar-refractivity contribution in [3.05, 3.63) is 0 Å². The van der Waals surface area contributed by atoms with E-state index >= 15 is 0 Å². The van der Waals surface area contributed by atoms with Gasteiger partial charge in [0.05, 0.1) is 0 Å². The second kappa shape index (κ2) is 17.8. The Bertz CT molecular complexity index is 250. The number of hydrogen-bond donors (Lipinski definition) is 1. The van der Waals surface area contributed by atoms with E-state index in [0.717, 1.165) is 6.42 Å². The fourth-order valence-corrected chi connectivity index (χ4v) is 3.26. The van der Waals surface area contributed by atoms with Crippen molar-refractivity contribution >= 4 is 5.97 Å². The molecule has 0 aliphatic carbocycles. The van der Waals surface area contributed by atoms with Crippen molar-refractivity contribution in [1.82, 2.24) is 0 Å². The molecular formula is C21H42O2. The first-order chi connectivity index (χ1) is 11.2. The zero-order chi connectivity index (χ0) is 17.2. The Labute approximate surface area is 145 Å². The van der Waals surface area contributed by atoms with Crippen molar-refractivity contribution in [1.29, 1.82) is 0 Å². The Kier molecular flexibility index (Phi) is 17.4. The van der Waals surface area contributed by atoms with Crippen molar-refractivity contribution in [2.45, 2.75) is 123 Å². The van der Waals surface area contributed by atoms with Crippen LogP contribution in [0.25, 0.3) is 0 Å².